The van der Waals surface area contributed by atoms with E-state index in [-0.39, 0.29) is 4.90 Å². The highest BCUT2D eigenvalue weighted by atomic mass is 79.9. The monoisotopic (exact) mass is 300 g/mol. The van der Waals surface area contributed by atoms with E-state index in [0.717, 1.165) is 0 Å². The molecule has 1 aromatic rings. The molecule has 0 aliphatic carbocycles. The molecule has 1 rings (SSSR count). The van der Waals surface area contributed by atoms with E-state index in [4.69, 9.17) is 0 Å². The third-order valence-corrected chi connectivity index (χ3v) is 2.54. The van der Waals surface area contributed by atoms with Crippen LogP contribution in [-0.4, -0.2) is 4.21 Å². The fourth-order valence-corrected chi connectivity index (χ4v) is 2.66. The van der Waals surface area contributed by atoms with E-state index in [9.17, 15) is 8.09 Å². The Hall–Kier alpha value is 0.260. The van der Waals surface area contributed by atoms with Crippen molar-refractivity contribution in [1.29, 1.82) is 0 Å². The fraction of sp³-hybridized carbons (Fsp3) is 0. The van der Waals surface area contributed by atoms with Gasteiger partial charge >= 0.3 is 0 Å². The third kappa shape index (κ3) is 2.65. The maximum absolute atomic E-state index is 12.2. The van der Waals surface area contributed by atoms with Gasteiger partial charge in [0.25, 0.3) is 0 Å². The first-order chi connectivity index (χ1) is 5.09. The summed E-state index contributed by atoms with van der Waals surface area (Å²) in [5.74, 6) is 0. The van der Waals surface area contributed by atoms with Crippen molar-refractivity contribution in [3.8, 4) is 0 Å². The first-order valence-corrected chi connectivity index (χ1v) is 5.27. The molecule has 60 valence electrons. The molecule has 1 aromatic carbocycles. The average molecular weight is 302 g/mol. The van der Waals surface area contributed by atoms with Crippen molar-refractivity contribution in [1.82, 2.24) is 0 Å². The van der Waals surface area contributed by atoms with Crippen LogP contribution < -0.4 is 0 Å². The van der Waals surface area contributed by atoms with Crippen molar-refractivity contribution in [2.45, 2.75) is 4.90 Å². The van der Waals surface area contributed by atoms with Crippen LogP contribution in [0.15, 0.2) is 32.0 Å². The standard InChI is InChI=1S/C6H3Br2FOS/c7-4-1-5(8)3-6(2-4)11(9)10/h1-3H. The summed E-state index contributed by atoms with van der Waals surface area (Å²) < 4.78 is 24.0. The number of halogens is 3. The van der Waals surface area contributed by atoms with Crippen LogP contribution in [0.1, 0.15) is 0 Å². The van der Waals surface area contributed by atoms with Crippen molar-refractivity contribution >= 4 is 43.0 Å². The maximum Gasteiger partial charge on any atom is 0.231 e. The van der Waals surface area contributed by atoms with Crippen molar-refractivity contribution in [2.75, 3.05) is 0 Å². The first-order valence-electron chi connectivity index (χ1n) is 2.64. The molecule has 0 bridgehead atoms. The summed E-state index contributed by atoms with van der Waals surface area (Å²) in [6, 6.07) is 4.69. The molecule has 0 amide bonds. The predicted octanol–water partition coefficient (Wildman–Crippen LogP) is 3.20. The molecule has 0 aromatic heterocycles. The minimum atomic E-state index is -2.41. The van der Waals surface area contributed by atoms with Crippen LogP contribution in [0.4, 0.5) is 3.89 Å². The summed E-state index contributed by atoms with van der Waals surface area (Å²) >= 11 is 3.89. The Kier molecular flexibility index (Phi) is 3.21. The largest absolute Gasteiger partial charge is 0.231 e. The SMILES string of the molecule is O=S(F)c1cc(Br)cc(Br)c1. The maximum atomic E-state index is 12.2. The summed E-state index contributed by atoms with van der Waals surface area (Å²) in [6.07, 6.45) is 0. The number of rotatable bonds is 1. The Bertz CT molecular complexity index is 282. The molecule has 0 aliphatic rings. The molecule has 0 fully saturated rings. The lowest BCUT2D eigenvalue weighted by molar-refractivity contribution is 0.649. The van der Waals surface area contributed by atoms with E-state index in [1.807, 2.05) is 0 Å². The lowest BCUT2D eigenvalue weighted by atomic mass is 10.4. The van der Waals surface area contributed by atoms with Gasteiger partial charge in [-0.05, 0) is 18.2 Å². The summed E-state index contributed by atoms with van der Waals surface area (Å²) in [5, 5.41) is 0. The summed E-state index contributed by atoms with van der Waals surface area (Å²) in [4.78, 5) is 0.159. The fourth-order valence-electron chi connectivity index (χ4n) is 0.621. The van der Waals surface area contributed by atoms with Gasteiger partial charge in [-0.2, -0.15) is 0 Å². The Morgan fingerprint density at radius 1 is 1.18 bits per heavy atom. The molecule has 0 aliphatic heterocycles. The molecule has 11 heavy (non-hydrogen) atoms. The second-order valence-electron chi connectivity index (χ2n) is 1.83. The van der Waals surface area contributed by atoms with E-state index in [0.29, 0.717) is 8.95 Å². The molecule has 0 spiro atoms. The van der Waals surface area contributed by atoms with Gasteiger partial charge in [0.2, 0.25) is 11.2 Å². The van der Waals surface area contributed by atoms with Gasteiger partial charge in [-0.25, -0.2) is 4.21 Å². The average Bonchev–Trinajstić information content (AvgIpc) is 1.85. The van der Waals surface area contributed by atoms with Gasteiger partial charge in [0.05, 0.1) is 4.90 Å². The normalized spacial score (nSPS) is 13.0. The predicted molar refractivity (Wildman–Crippen MR) is 49.4 cm³/mol. The van der Waals surface area contributed by atoms with E-state index < -0.39 is 11.2 Å². The van der Waals surface area contributed by atoms with E-state index in [1.165, 1.54) is 12.1 Å². The van der Waals surface area contributed by atoms with E-state index in [2.05, 4.69) is 31.9 Å². The van der Waals surface area contributed by atoms with E-state index >= 15 is 0 Å². The molecule has 0 N–H and O–H groups in total. The topological polar surface area (TPSA) is 17.1 Å². The third-order valence-electron chi connectivity index (χ3n) is 1.02. The Labute approximate surface area is 83.0 Å². The second kappa shape index (κ2) is 3.78. The summed E-state index contributed by atoms with van der Waals surface area (Å²) in [7, 11) is 0. The molecule has 0 heterocycles. The highest BCUT2D eigenvalue weighted by Crippen LogP contribution is 2.22. The van der Waals surface area contributed by atoms with Crippen LogP contribution in [0.5, 0.6) is 0 Å². The van der Waals surface area contributed by atoms with Gasteiger partial charge in [0.1, 0.15) is 0 Å². The van der Waals surface area contributed by atoms with Gasteiger partial charge < -0.3 is 0 Å². The zero-order valence-corrected chi connectivity index (χ0v) is 9.17. The van der Waals surface area contributed by atoms with E-state index in [1.54, 1.807) is 6.07 Å². The van der Waals surface area contributed by atoms with Crippen LogP contribution in [0.3, 0.4) is 0 Å². The Morgan fingerprint density at radius 3 is 2.00 bits per heavy atom. The summed E-state index contributed by atoms with van der Waals surface area (Å²) in [6.45, 7) is 0. The highest BCUT2D eigenvalue weighted by Gasteiger charge is 2.03. The zero-order valence-electron chi connectivity index (χ0n) is 5.18. The number of benzene rings is 1. The molecule has 1 atom stereocenters. The van der Waals surface area contributed by atoms with Crippen LogP contribution in [0, 0.1) is 0 Å². The van der Waals surface area contributed by atoms with Crippen molar-refractivity contribution < 1.29 is 8.09 Å². The van der Waals surface area contributed by atoms with Crippen LogP contribution >= 0.6 is 31.9 Å². The second-order valence-corrected chi connectivity index (χ2v) is 4.58. The smallest absolute Gasteiger partial charge is 0.219 e. The van der Waals surface area contributed by atoms with Gasteiger partial charge in [-0.1, -0.05) is 31.9 Å². The van der Waals surface area contributed by atoms with Crippen LogP contribution in [-0.2, 0) is 11.2 Å². The molecule has 5 heteroatoms. The minimum absolute atomic E-state index is 0.159. The molecule has 1 unspecified atom stereocenters. The van der Waals surface area contributed by atoms with Crippen LogP contribution in [0.25, 0.3) is 0 Å². The van der Waals surface area contributed by atoms with Crippen molar-refractivity contribution in [3.63, 3.8) is 0 Å². The highest BCUT2D eigenvalue weighted by molar-refractivity contribution is 9.11. The van der Waals surface area contributed by atoms with Gasteiger partial charge in [0, 0.05) is 8.95 Å². The van der Waals surface area contributed by atoms with Crippen molar-refractivity contribution in [3.05, 3.63) is 27.1 Å². The first kappa shape index (κ1) is 9.35. The minimum Gasteiger partial charge on any atom is -0.219 e. The molecule has 0 saturated heterocycles. The van der Waals surface area contributed by atoms with Gasteiger partial charge in [0.15, 0.2) is 0 Å². The zero-order chi connectivity index (χ0) is 8.43. The van der Waals surface area contributed by atoms with Gasteiger partial charge in [-0.15, -0.1) is 3.89 Å². The molecule has 0 radical (unpaired) electrons. The molecular weight excluding hydrogens is 299 g/mol. The number of hydrogen-bond donors (Lipinski definition) is 0. The molecule has 0 saturated carbocycles. The van der Waals surface area contributed by atoms with Crippen LogP contribution in [0.2, 0.25) is 0 Å². The lowest BCUT2D eigenvalue weighted by Gasteiger charge is -1.95. The molecular formula is C6H3Br2FOS. The Morgan fingerprint density at radius 2 is 1.64 bits per heavy atom. The lowest BCUT2D eigenvalue weighted by Crippen LogP contribution is -1.82. The molecule has 1 nitrogen and oxygen atoms in total. The quantitative estimate of drug-likeness (QED) is 0.728. The van der Waals surface area contributed by atoms with Crippen molar-refractivity contribution in [2.24, 2.45) is 0 Å². The van der Waals surface area contributed by atoms with Gasteiger partial charge in [-0.3, -0.25) is 0 Å². The number of hydrogen-bond acceptors (Lipinski definition) is 1. The summed E-state index contributed by atoms with van der Waals surface area (Å²) in [5.41, 5.74) is 0. The Balaban J connectivity index is 3.19.